The molecule has 1 aromatic carbocycles. The minimum absolute atomic E-state index is 0.115. The summed E-state index contributed by atoms with van der Waals surface area (Å²) in [5.41, 5.74) is 3.30. The Hall–Kier alpha value is -1.42. The first kappa shape index (κ1) is 10.7. The third kappa shape index (κ3) is 1.55. The maximum Gasteiger partial charge on any atom is 0.307 e. The standard InChI is InChI=1S/C13H13NO2S/c1-8-10(7-12(15)16)9-3-2-4-11-13(9)14(8)5-6-17-11/h2-4H,5-7H2,1H3,(H,15,16). The number of para-hydroxylation sites is 1. The van der Waals surface area contributed by atoms with E-state index in [0.717, 1.165) is 28.9 Å². The molecule has 0 unspecified atom stereocenters. The molecule has 0 radical (unpaired) electrons. The molecule has 0 spiro atoms. The van der Waals surface area contributed by atoms with Gasteiger partial charge in [0, 0.05) is 28.3 Å². The van der Waals surface area contributed by atoms with Crippen molar-refractivity contribution in [1.29, 1.82) is 0 Å². The van der Waals surface area contributed by atoms with Crippen molar-refractivity contribution in [2.75, 3.05) is 5.75 Å². The molecular formula is C13H13NO2S. The zero-order valence-corrected chi connectivity index (χ0v) is 10.4. The van der Waals surface area contributed by atoms with E-state index < -0.39 is 5.97 Å². The van der Waals surface area contributed by atoms with E-state index in [1.165, 1.54) is 10.4 Å². The molecule has 88 valence electrons. The number of aryl methyl sites for hydroxylation is 1. The van der Waals surface area contributed by atoms with Crippen molar-refractivity contribution >= 4 is 28.6 Å². The van der Waals surface area contributed by atoms with Gasteiger partial charge in [-0.3, -0.25) is 4.79 Å². The lowest BCUT2D eigenvalue weighted by atomic mass is 10.1. The smallest absolute Gasteiger partial charge is 0.307 e. The molecule has 0 atom stereocenters. The molecule has 4 heteroatoms. The topological polar surface area (TPSA) is 42.2 Å². The zero-order valence-electron chi connectivity index (χ0n) is 9.56. The minimum Gasteiger partial charge on any atom is -0.481 e. The highest BCUT2D eigenvalue weighted by molar-refractivity contribution is 7.99. The molecule has 0 amide bonds. The first-order chi connectivity index (χ1) is 8.18. The van der Waals surface area contributed by atoms with E-state index in [4.69, 9.17) is 5.11 Å². The summed E-state index contributed by atoms with van der Waals surface area (Å²) in [5.74, 6) is 0.304. The Balaban J connectivity index is 2.33. The van der Waals surface area contributed by atoms with E-state index in [-0.39, 0.29) is 6.42 Å². The normalized spacial score (nSPS) is 14.2. The van der Waals surface area contributed by atoms with Gasteiger partial charge in [0.15, 0.2) is 0 Å². The SMILES string of the molecule is Cc1c(CC(=O)O)c2cccc3c2n1CCS3. The van der Waals surface area contributed by atoms with Crippen LogP contribution in [0.2, 0.25) is 0 Å². The Morgan fingerprint density at radius 2 is 2.35 bits per heavy atom. The molecule has 1 N–H and O–H groups in total. The Kier molecular flexibility index (Phi) is 2.40. The molecular weight excluding hydrogens is 234 g/mol. The van der Waals surface area contributed by atoms with Crippen LogP contribution in [0.1, 0.15) is 11.3 Å². The summed E-state index contributed by atoms with van der Waals surface area (Å²) in [6.07, 6.45) is 0.115. The van der Waals surface area contributed by atoms with E-state index in [9.17, 15) is 4.79 Å². The molecule has 0 aliphatic carbocycles. The summed E-state index contributed by atoms with van der Waals surface area (Å²) in [6.45, 7) is 3.00. The van der Waals surface area contributed by atoms with E-state index in [1.54, 1.807) is 0 Å². The first-order valence-electron chi connectivity index (χ1n) is 5.64. The van der Waals surface area contributed by atoms with Crippen LogP contribution in [-0.2, 0) is 17.8 Å². The van der Waals surface area contributed by atoms with E-state index in [0.29, 0.717) is 0 Å². The maximum absolute atomic E-state index is 10.9. The molecule has 1 aliphatic rings. The van der Waals surface area contributed by atoms with Crippen molar-refractivity contribution in [3.05, 3.63) is 29.5 Å². The van der Waals surface area contributed by atoms with Gasteiger partial charge in [-0.25, -0.2) is 0 Å². The molecule has 3 nitrogen and oxygen atoms in total. The number of thioether (sulfide) groups is 1. The molecule has 0 saturated carbocycles. The number of nitrogens with zero attached hydrogens (tertiary/aromatic N) is 1. The lowest BCUT2D eigenvalue weighted by molar-refractivity contribution is -0.136. The van der Waals surface area contributed by atoms with Crippen molar-refractivity contribution < 1.29 is 9.90 Å². The van der Waals surface area contributed by atoms with Crippen LogP contribution in [0.25, 0.3) is 10.9 Å². The van der Waals surface area contributed by atoms with Gasteiger partial charge in [-0.1, -0.05) is 12.1 Å². The Labute approximate surface area is 103 Å². The molecule has 2 aromatic rings. The first-order valence-corrected chi connectivity index (χ1v) is 6.62. The van der Waals surface area contributed by atoms with E-state index >= 15 is 0 Å². The predicted molar refractivity (Wildman–Crippen MR) is 68.7 cm³/mol. The molecule has 2 heterocycles. The Morgan fingerprint density at radius 3 is 3.12 bits per heavy atom. The Bertz CT molecular complexity index is 615. The average molecular weight is 247 g/mol. The van der Waals surface area contributed by atoms with Crippen LogP contribution in [0.5, 0.6) is 0 Å². The fourth-order valence-corrected chi connectivity index (χ4v) is 3.61. The summed E-state index contributed by atoms with van der Waals surface area (Å²) >= 11 is 1.85. The van der Waals surface area contributed by atoms with Crippen molar-refractivity contribution in [2.24, 2.45) is 0 Å². The van der Waals surface area contributed by atoms with Gasteiger partial charge in [-0.15, -0.1) is 11.8 Å². The van der Waals surface area contributed by atoms with Crippen LogP contribution in [-0.4, -0.2) is 21.4 Å². The monoisotopic (exact) mass is 247 g/mol. The number of aromatic nitrogens is 1. The van der Waals surface area contributed by atoms with Gasteiger partial charge in [0.2, 0.25) is 0 Å². The highest BCUT2D eigenvalue weighted by Gasteiger charge is 2.20. The van der Waals surface area contributed by atoms with E-state index in [2.05, 4.69) is 10.6 Å². The fraction of sp³-hybridized carbons (Fsp3) is 0.308. The van der Waals surface area contributed by atoms with Crippen molar-refractivity contribution in [3.63, 3.8) is 0 Å². The number of rotatable bonds is 2. The highest BCUT2D eigenvalue weighted by atomic mass is 32.2. The van der Waals surface area contributed by atoms with Gasteiger partial charge in [0.05, 0.1) is 11.9 Å². The molecule has 0 fully saturated rings. The quantitative estimate of drug-likeness (QED) is 0.887. The summed E-state index contributed by atoms with van der Waals surface area (Å²) in [6, 6.07) is 6.17. The van der Waals surface area contributed by atoms with Crippen molar-refractivity contribution in [2.45, 2.75) is 24.8 Å². The van der Waals surface area contributed by atoms with Gasteiger partial charge >= 0.3 is 5.97 Å². The number of aliphatic carboxylic acids is 1. The van der Waals surface area contributed by atoms with Crippen LogP contribution in [0.3, 0.4) is 0 Å². The van der Waals surface area contributed by atoms with Gasteiger partial charge in [-0.2, -0.15) is 0 Å². The van der Waals surface area contributed by atoms with Gasteiger partial charge in [0.1, 0.15) is 0 Å². The molecule has 1 aliphatic heterocycles. The largest absolute Gasteiger partial charge is 0.481 e. The average Bonchev–Trinajstić information content (AvgIpc) is 2.57. The summed E-state index contributed by atoms with van der Waals surface area (Å²) in [5, 5.41) is 10.1. The number of carboxylic acids is 1. The number of hydrogen-bond acceptors (Lipinski definition) is 2. The third-order valence-electron chi connectivity index (χ3n) is 3.34. The Morgan fingerprint density at radius 1 is 1.53 bits per heavy atom. The van der Waals surface area contributed by atoms with Crippen LogP contribution in [0, 0.1) is 6.92 Å². The third-order valence-corrected chi connectivity index (χ3v) is 4.36. The molecule has 17 heavy (non-hydrogen) atoms. The van der Waals surface area contributed by atoms with Crippen molar-refractivity contribution in [3.8, 4) is 0 Å². The summed E-state index contributed by atoms with van der Waals surface area (Å²) in [7, 11) is 0. The molecule has 3 rings (SSSR count). The van der Waals surface area contributed by atoms with Gasteiger partial charge in [-0.05, 0) is 18.6 Å². The molecule has 0 saturated heterocycles. The lowest BCUT2D eigenvalue weighted by Crippen LogP contribution is -2.08. The number of carbonyl (C=O) groups is 1. The molecule has 0 bridgehead atoms. The van der Waals surface area contributed by atoms with Crippen LogP contribution >= 0.6 is 11.8 Å². The van der Waals surface area contributed by atoms with Crippen molar-refractivity contribution in [1.82, 2.24) is 4.57 Å². The maximum atomic E-state index is 10.9. The van der Waals surface area contributed by atoms with Gasteiger partial charge < -0.3 is 9.67 Å². The minimum atomic E-state index is -0.760. The van der Waals surface area contributed by atoms with Gasteiger partial charge in [0.25, 0.3) is 0 Å². The van der Waals surface area contributed by atoms with Crippen LogP contribution in [0.4, 0.5) is 0 Å². The number of hydrogen-bond donors (Lipinski definition) is 1. The highest BCUT2D eigenvalue weighted by Crippen LogP contribution is 2.37. The molecule has 1 aromatic heterocycles. The van der Waals surface area contributed by atoms with Crippen LogP contribution in [0.15, 0.2) is 23.1 Å². The van der Waals surface area contributed by atoms with Crippen LogP contribution < -0.4 is 0 Å². The summed E-state index contributed by atoms with van der Waals surface area (Å²) < 4.78 is 2.26. The second-order valence-corrected chi connectivity index (χ2v) is 5.42. The summed E-state index contributed by atoms with van der Waals surface area (Å²) in [4.78, 5) is 12.2. The number of carboxylic acid groups (broad SMARTS) is 1. The predicted octanol–water partition coefficient (Wildman–Crippen LogP) is 2.68. The number of benzene rings is 1. The second kappa shape index (κ2) is 3.81. The lowest BCUT2D eigenvalue weighted by Gasteiger charge is -2.16. The second-order valence-electron chi connectivity index (χ2n) is 4.29. The zero-order chi connectivity index (χ0) is 12.0. The fourth-order valence-electron chi connectivity index (χ4n) is 2.59. The van der Waals surface area contributed by atoms with E-state index in [1.807, 2.05) is 30.8 Å².